The fourth-order valence-corrected chi connectivity index (χ4v) is 3.19. The van der Waals surface area contributed by atoms with Gasteiger partial charge in [-0.2, -0.15) is 0 Å². The first-order valence-corrected chi connectivity index (χ1v) is 9.19. The van der Waals surface area contributed by atoms with E-state index in [1.165, 1.54) is 0 Å². The predicted molar refractivity (Wildman–Crippen MR) is 111 cm³/mol. The lowest BCUT2D eigenvalue weighted by Gasteiger charge is -2.20. The molecule has 2 N–H and O–H groups in total. The zero-order valence-electron chi connectivity index (χ0n) is 13.7. The summed E-state index contributed by atoms with van der Waals surface area (Å²) < 4.78 is 1.02. The van der Waals surface area contributed by atoms with E-state index < -0.39 is 0 Å². The molecule has 3 rings (SSSR count). The highest BCUT2D eigenvalue weighted by molar-refractivity contribution is 14.1. The van der Waals surface area contributed by atoms with Crippen LogP contribution in [-0.2, 0) is 4.79 Å². The average molecular weight is 442 g/mol. The molecule has 3 nitrogen and oxygen atoms in total. The van der Waals surface area contributed by atoms with Crippen molar-refractivity contribution in [3.05, 3.63) is 99.6 Å². The predicted octanol–water partition coefficient (Wildman–Crippen LogP) is 4.61. The van der Waals surface area contributed by atoms with E-state index in [4.69, 9.17) is 0 Å². The maximum absolute atomic E-state index is 12.4. The van der Waals surface area contributed by atoms with Gasteiger partial charge in [0.15, 0.2) is 0 Å². The Balaban J connectivity index is 1.71. The number of para-hydroxylation sites is 1. The standard InChI is InChI=1S/C21H19IN2O/c22-18-13-7-8-14-19(18)24-20(25)15-23-21(16-9-3-1-4-10-16)17-11-5-2-6-12-17/h1-14,21,23H,15H2,(H,24,25). The Hall–Kier alpha value is -2.18. The Labute approximate surface area is 161 Å². The quantitative estimate of drug-likeness (QED) is 0.548. The fraction of sp³-hybridized carbons (Fsp3) is 0.0952. The zero-order valence-corrected chi connectivity index (χ0v) is 15.8. The molecule has 0 saturated heterocycles. The number of carbonyl (C=O) groups excluding carboxylic acids is 1. The van der Waals surface area contributed by atoms with Crippen LogP contribution in [0.5, 0.6) is 0 Å². The van der Waals surface area contributed by atoms with Gasteiger partial charge in [0.1, 0.15) is 0 Å². The van der Waals surface area contributed by atoms with Crippen molar-refractivity contribution < 1.29 is 4.79 Å². The summed E-state index contributed by atoms with van der Waals surface area (Å²) in [6, 6.07) is 28.1. The highest BCUT2D eigenvalue weighted by Gasteiger charge is 2.15. The smallest absolute Gasteiger partial charge is 0.238 e. The molecule has 0 aliphatic carbocycles. The summed E-state index contributed by atoms with van der Waals surface area (Å²) in [6.07, 6.45) is 0. The van der Waals surface area contributed by atoms with Crippen molar-refractivity contribution in [2.24, 2.45) is 0 Å². The lowest BCUT2D eigenvalue weighted by atomic mass is 9.99. The number of amides is 1. The summed E-state index contributed by atoms with van der Waals surface area (Å²) in [5, 5.41) is 6.34. The van der Waals surface area contributed by atoms with Crippen molar-refractivity contribution in [2.45, 2.75) is 6.04 Å². The van der Waals surface area contributed by atoms with Gasteiger partial charge in [0.25, 0.3) is 0 Å². The molecule has 0 bridgehead atoms. The molecule has 0 saturated carbocycles. The fourth-order valence-electron chi connectivity index (χ4n) is 2.67. The molecule has 0 radical (unpaired) electrons. The van der Waals surface area contributed by atoms with Crippen molar-refractivity contribution in [3.63, 3.8) is 0 Å². The van der Waals surface area contributed by atoms with Crippen LogP contribution in [0.2, 0.25) is 0 Å². The number of halogens is 1. The monoisotopic (exact) mass is 442 g/mol. The van der Waals surface area contributed by atoms with Gasteiger partial charge >= 0.3 is 0 Å². The van der Waals surface area contributed by atoms with Crippen LogP contribution >= 0.6 is 22.6 Å². The molecule has 0 aromatic heterocycles. The van der Waals surface area contributed by atoms with Crippen LogP contribution in [0.4, 0.5) is 5.69 Å². The topological polar surface area (TPSA) is 41.1 Å². The Morgan fingerprint density at radius 2 is 1.32 bits per heavy atom. The summed E-state index contributed by atoms with van der Waals surface area (Å²) in [6.45, 7) is 0.236. The molecule has 0 aliphatic heterocycles. The Bertz CT molecular complexity index is 782. The van der Waals surface area contributed by atoms with Crippen molar-refractivity contribution in [2.75, 3.05) is 11.9 Å². The number of carbonyl (C=O) groups is 1. The van der Waals surface area contributed by atoms with Crippen LogP contribution in [0.1, 0.15) is 17.2 Å². The lowest BCUT2D eigenvalue weighted by molar-refractivity contribution is -0.115. The van der Waals surface area contributed by atoms with Gasteiger partial charge in [-0.1, -0.05) is 72.8 Å². The van der Waals surface area contributed by atoms with E-state index >= 15 is 0 Å². The van der Waals surface area contributed by atoms with Crippen molar-refractivity contribution >= 4 is 34.2 Å². The number of hydrogen-bond donors (Lipinski definition) is 2. The molecule has 0 unspecified atom stereocenters. The van der Waals surface area contributed by atoms with Crippen molar-refractivity contribution in [1.29, 1.82) is 0 Å². The molecular formula is C21H19IN2O. The van der Waals surface area contributed by atoms with Gasteiger partial charge in [-0.25, -0.2) is 0 Å². The van der Waals surface area contributed by atoms with E-state index in [2.05, 4.69) is 57.5 Å². The third-order valence-electron chi connectivity index (χ3n) is 3.88. The Morgan fingerprint density at radius 3 is 1.88 bits per heavy atom. The first-order chi connectivity index (χ1) is 12.2. The van der Waals surface area contributed by atoms with Crippen molar-refractivity contribution in [1.82, 2.24) is 5.32 Å². The third-order valence-corrected chi connectivity index (χ3v) is 4.82. The molecule has 0 atom stereocenters. The van der Waals surface area contributed by atoms with Crippen LogP contribution in [-0.4, -0.2) is 12.5 Å². The van der Waals surface area contributed by atoms with E-state index in [-0.39, 0.29) is 18.5 Å². The van der Waals surface area contributed by atoms with Gasteiger partial charge in [0.2, 0.25) is 5.91 Å². The summed E-state index contributed by atoms with van der Waals surface area (Å²) in [5.74, 6) is -0.0546. The normalized spacial score (nSPS) is 10.6. The van der Waals surface area contributed by atoms with Crippen LogP contribution in [0.25, 0.3) is 0 Å². The molecule has 0 spiro atoms. The van der Waals surface area contributed by atoms with Gasteiger partial charge in [0.05, 0.1) is 18.3 Å². The number of anilines is 1. The minimum Gasteiger partial charge on any atom is -0.324 e. The number of hydrogen-bond acceptors (Lipinski definition) is 2. The largest absolute Gasteiger partial charge is 0.324 e. The average Bonchev–Trinajstić information content (AvgIpc) is 2.66. The molecule has 4 heteroatoms. The van der Waals surface area contributed by atoms with E-state index in [9.17, 15) is 4.79 Å². The summed E-state index contributed by atoms with van der Waals surface area (Å²) in [7, 11) is 0. The minimum atomic E-state index is -0.0546. The van der Waals surface area contributed by atoms with Gasteiger partial charge in [-0.3, -0.25) is 10.1 Å². The van der Waals surface area contributed by atoms with Crippen LogP contribution in [0, 0.1) is 3.57 Å². The Morgan fingerprint density at radius 1 is 0.800 bits per heavy atom. The molecule has 3 aromatic carbocycles. The van der Waals surface area contributed by atoms with E-state index in [0.717, 1.165) is 20.4 Å². The van der Waals surface area contributed by atoms with E-state index in [1.807, 2.05) is 60.7 Å². The second-order valence-electron chi connectivity index (χ2n) is 5.66. The molecule has 0 fully saturated rings. The van der Waals surface area contributed by atoms with Gasteiger partial charge in [-0.05, 0) is 45.9 Å². The molecule has 126 valence electrons. The van der Waals surface area contributed by atoms with Crippen molar-refractivity contribution in [3.8, 4) is 0 Å². The first kappa shape index (κ1) is 17.6. The lowest BCUT2D eigenvalue weighted by Crippen LogP contribution is -2.32. The molecular weight excluding hydrogens is 423 g/mol. The first-order valence-electron chi connectivity index (χ1n) is 8.11. The molecule has 25 heavy (non-hydrogen) atoms. The highest BCUT2D eigenvalue weighted by atomic mass is 127. The highest BCUT2D eigenvalue weighted by Crippen LogP contribution is 2.21. The maximum Gasteiger partial charge on any atom is 0.238 e. The van der Waals surface area contributed by atoms with E-state index in [1.54, 1.807) is 0 Å². The van der Waals surface area contributed by atoms with Crippen LogP contribution in [0.15, 0.2) is 84.9 Å². The summed E-state index contributed by atoms with van der Waals surface area (Å²) in [5.41, 5.74) is 3.11. The second kappa shape index (κ2) is 8.78. The maximum atomic E-state index is 12.4. The summed E-state index contributed by atoms with van der Waals surface area (Å²) in [4.78, 5) is 12.4. The third kappa shape index (κ3) is 4.90. The van der Waals surface area contributed by atoms with Gasteiger partial charge in [0, 0.05) is 3.57 Å². The van der Waals surface area contributed by atoms with Crippen LogP contribution in [0.3, 0.4) is 0 Å². The minimum absolute atomic E-state index is 0.0250. The molecule has 1 amide bonds. The number of rotatable bonds is 6. The van der Waals surface area contributed by atoms with Crippen LogP contribution < -0.4 is 10.6 Å². The van der Waals surface area contributed by atoms with E-state index in [0.29, 0.717) is 0 Å². The zero-order chi connectivity index (χ0) is 17.5. The van der Waals surface area contributed by atoms with Gasteiger partial charge in [-0.15, -0.1) is 0 Å². The summed E-state index contributed by atoms with van der Waals surface area (Å²) >= 11 is 2.22. The number of benzene rings is 3. The second-order valence-corrected chi connectivity index (χ2v) is 6.83. The van der Waals surface area contributed by atoms with Gasteiger partial charge < -0.3 is 5.32 Å². The number of nitrogens with one attached hydrogen (secondary N) is 2. The Kier molecular flexibility index (Phi) is 6.19. The molecule has 3 aromatic rings. The molecule has 0 heterocycles. The molecule has 0 aliphatic rings. The SMILES string of the molecule is O=C(CNC(c1ccccc1)c1ccccc1)Nc1ccccc1I.